The van der Waals surface area contributed by atoms with Crippen LogP contribution in [0.15, 0.2) is 0 Å². The summed E-state index contributed by atoms with van der Waals surface area (Å²) in [6, 6.07) is -0.841. The Labute approximate surface area is 82.6 Å². The third-order valence-corrected chi connectivity index (χ3v) is 2.90. The van der Waals surface area contributed by atoms with Gasteiger partial charge < -0.3 is 16.0 Å². The normalized spacial score (nSPS) is 33.4. The number of nitrogens with one attached hydrogen (secondary N) is 1. The van der Waals surface area contributed by atoms with Crippen molar-refractivity contribution < 1.29 is 9.59 Å². The van der Waals surface area contributed by atoms with Gasteiger partial charge in [0.05, 0.1) is 0 Å². The average Bonchev–Trinajstić information content (AvgIpc) is 2.33. The van der Waals surface area contributed by atoms with Gasteiger partial charge in [-0.05, 0) is 19.3 Å². The molecule has 2 fully saturated rings. The van der Waals surface area contributed by atoms with Gasteiger partial charge >= 0.3 is 0 Å². The van der Waals surface area contributed by atoms with Crippen molar-refractivity contribution in [1.82, 2.24) is 10.2 Å². The zero-order valence-electron chi connectivity index (χ0n) is 8.03. The van der Waals surface area contributed by atoms with E-state index in [0.29, 0.717) is 6.54 Å². The fraction of sp³-hybridized carbons (Fsp3) is 0.778. The molecule has 0 bridgehead atoms. The number of amides is 2. The van der Waals surface area contributed by atoms with Crippen LogP contribution in [0, 0.1) is 0 Å². The van der Waals surface area contributed by atoms with E-state index in [9.17, 15) is 9.59 Å². The maximum Gasteiger partial charge on any atom is 0.242 e. The lowest BCUT2D eigenvalue weighted by atomic mass is 10.0. The topological polar surface area (TPSA) is 75.4 Å². The number of fused-ring (bicyclic) bond motifs is 1. The molecule has 2 amide bonds. The summed E-state index contributed by atoms with van der Waals surface area (Å²) < 4.78 is 0. The Kier molecular flexibility index (Phi) is 2.41. The smallest absolute Gasteiger partial charge is 0.242 e. The molecule has 2 aliphatic rings. The minimum Gasteiger partial charge on any atom is -0.352 e. The molecule has 78 valence electrons. The van der Waals surface area contributed by atoms with Crippen LogP contribution in [0.3, 0.4) is 0 Å². The Morgan fingerprint density at radius 2 is 2.14 bits per heavy atom. The molecule has 0 aromatic heterocycles. The maximum absolute atomic E-state index is 11.7. The van der Waals surface area contributed by atoms with Crippen LogP contribution in [0.2, 0.25) is 0 Å². The minimum atomic E-state index is -0.568. The van der Waals surface area contributed by atoms with Gasteiger partial charge in [-0.25, -0.2) is 0 Å². The molecule has 2 saturated heterocycles. The van der Waals surface area contributed by atoms with E-state index in [1.807, 2.05) is 0 Å². The number of rotatable bonds is 0. The number of carbonyl (C=O) groups is 2. The Balaban J connectivity index is 2.22. The van der Waals surface area contributed by atoms with E-state index in [1.54, 1.807) is 4.90 Å². The molecule has 0 saturated carbocycles. The summed E-state index contributed by atoms with van der Waals surface area (Å²) >= 11 is 0. The summed E-state index contributed by atoms with van der Waals surface area (Å²) in [5.74, 6) is -0.140. The SMILES string of the molecule is NC1CNC(=O)C2CCCCN2C1=O. The summed E-state index contributed by atoms with van der Waals surface area (Å²) in [5.41, 5.74) is 5.64. The van der Waals surface area contributed by atoms with Crippen molar-refractivity contribution in [3.05, 3.63) is 0 Å². The van der Waals surface area contributed by atoms with Crippen molar-refractivity contribution in [2.45, 2.75) is 31.3 Å². The lowest BCUT2D eigenvalue weighted by molar-refractivity contribution is -0.140. The van der Waals surface area contributed by atoms with Gasteiger partial charge in [0, 0.05) is 13.1 Å². The second-order valence-corrected chi connectivity index (χ2v) is 3.89. The molecule has 2 aliphatic heterocycles. The second kappa shape index (κ2) is 3.57. The first-order valence-corrected chi connectivity index (χ1v) is 5.04. The van der Waals surface area contributed by atoms with Gasteiger partial charge in [0.2, 0.25) is 11.8 Å². The molecule has 2 unspecified atom stereocenters. The fourth-order valence-electron chi connectivity index (χ4n) is 2.10. The molecule has 2 atom stereocenters. The number of hydrogen-bond acceptors (Lipinski definition) is 3. The molecule has 0 aliphatic carbocycles. The minimum absolute atomic E-state index is 0.0500. The molecule has 2 heterocycles. The van der Waals surface area contributed by atoms with Crippen molar-refractivity contribution >= 4 is 11.8 Å². The molecule has 3 N–H and O–H groups in total. The van der Waals surface area contributed by atoms with Crippen LogP contribution in [0.4, 0.5) is 0 Å². The van der Waals surface area contributed by atoms with Crippen molar-refractivity contribution in [2.75, 3.05) is 13.1 Å². The summed E-state index contributed by atoms with van der Waals surface area (Å²) in [7, 11) is 0. The molecule has 0 aromatic rings. The molecule has 14 heavy (non-hydrogen) atoms. The second-order valence-electron chi connectivity index (χ2n) is 3.89. The predicted octanol–water partition coefficient (Wildman–Crippen LogP) is -1.18. The number of nitrogens with two attached hydrogens (primary N) is 1. The summed E-state index contributed by atoms with van der Waals surface area (Å²) in [6.45, 7) is 0.940. The monoisotopic (exact) mass is 197 g/mol. The molecular weight excluding hydrogens is 182 g/mol. The lowest BCUT2D eigenvalue weighted by Crippen LogP contribution is -2.51. The largest absolute Gasteiger partial charge is 0.352 e. The third kappa shape index (κ3) is 1.48. The fourth-order valence-corrected chi connectivity index (χ4v) is 2.10. The van der Waals surface area contributed by atoms with E-state index in [2.05, 4.69) is 5.32 Å². The van der Waals surface area contributed by atoms with Crippen LogP contribution < -0.4 is 11.1 Å². The van der Waals surface area contributed by atoms with Crippen LogP contribution in [0.1, 0.15) is 19.3 Å². The van der Waals surface area contributed by atoms with Gasteiger partial charge in [-0.3, -0.25) is 9.59 Å². The third-order valence-electron chi connectivity index (χ3n) is 2.90. The van der Waals surface area contributed by atoms with Crippen molar-refractivity contribution in [3.63, 3.8) is 0 Å². The molecular formula is C9H15N3O2. The van der Waals surface area contributed by atoms with E-state index >= 15 is 0 Å². The van der Waals surface area contributed by atoms with Gasteiger partial charge in [-0.15, -0.1) is 0 Å². The van der Waals surface area contributed by atoms with Crippen LogP contribution >= 0.6 is 0 Å². The summed E-state index contributed by atoms with van der Waals surface area (Å²) in [6.07, 6.45) is 2.75. The zero-order chi connectivity index (χ0) is 10.1. The molecule has 2 rings (SSSR count). The molecule has 5 nitrogen and oxygen atoms in total. The van der Waals surface area contributed by atoms with E-state index in [1.165, 1.54) is 0 Å². The summed E-state index contributed by atoms with van der Waals surface area (Å²) in [4.78, 5) is 24.9. The first-order chi connectivity index (χ1) is 6.70. The highest BCUT2D eigenvalue weighted by atomic mass is 16.2. The Morgan fingerprint density at radius 3 is 2.93 bits per heavy atom. The van der Waals surface area contributed by atoms with E-state index in [4.69, 9.17) is 5.73 Å². The van der Waals surface area contributed by atoms with Gasteiger partial charge in [0.25, 0.3) is 0 Å². The zero-order valence-corrected chi connectivity index (χ0v) is 8.03. The number of hydrogen-bond donors (Lipinski definition) is 2. The lowest BCUT2D eigenvalue weighted by Gasteiger charge is -2.33. The highest BCUT2D eigenvalue weighted by molar-refractivity contribution is 5.92. The highest BCUT2D eigenvalue weighted by Gasteiger charge is 2.37. The van der Waals surface area contributed by atoms with E-state index < -0.39 is 6.04 Å². The summed E-state index contributed by atoms with van der Waals surface area (Å²) in [5, 5.41) is 2.70. The quantitative estimate of drug-likeness (QED) is 0.513. The predicted molar refractivity (Wildman–Crippen MR) is 50.3 cm³/mol. The van der Waals surface area contributed by atoms with Gasteiger partial charge in [0.15, 0.2) is 0 Å². The number of carbonyl (C=O) groups excluding carboxylic acids is 2. The van der Waals surface area contributed by atoms with Crippen molar-refractivity contribution in [1.29, 1.82) is 0 Å². The average molecular weight is 197 g/mol. The van der Waals surface area contributed by atoms with Crippen molar-refractivity contribution in [3.8, 4) is 0 Å². The Morgan fingerprint density at radius 1 is 1.36 bits per heavy atom. The van der Waals surface area contributed by atoms with Gasteiger partial charge in [0.1, 0.15) is 12.1 Å². The van der Waals surface area contributed by atoms with E-state index in [-0.39, 0.29) is 24.4 Å². The highest BCUT2D eigenvalue weighted by Crippen LogP contribution is 2.19. The standard InChI is InChI=1S/C9H15N3O2/c10-6-5-11-8(13)7-3-1-2-4-12(7)9(6)14/h6-7H,1-5,10H2,(H,11,13). The van der Waals surface area contributed by atoms with Crippen LogP contribution in [-0.2, 0) is 9.59 Å². The van der Waals surface area contributed by atoms with Gasteiger partial charge in [-0.2, -0.15) is 0 Å². The van der Waals surface area contributed by atoms with Crippen molar-refractivity contribution in [2.24, 2.45) is 5.73 Å². The molecule has 0 aromatic carbocycles. The molecule has 0 spiro atoms. The molecule has 5 heteroatoms. The van der Waals surface area contributed by atoms with Gasteiger partial charge in [-0.1, -0.05) is 0 Å². The molecule has 0 radical (unpaired) electrons. The Hall–Kier alpha value is -1.10. The van der Waals surface area contributed by atoms with Crippen LogP contribution in [-0.4, -0.2) is 41.9 Å². The first kappa shape index (κ1) is 9.45. The number of nitrogens with zero attached hydrogens (tertiary/aromatic N) is 1. The first-order valence-electron chi connectivity index (χ1n) is 5.04. The van der Waals surface area contributed by atoms with Crippen LogP contribution in [0.25, 0.3) is 0 Å². The van der Waals surface area contributed by atoms with Crippen LogP contribution in [0.5, 0.6) is 0 Å². The number of piperidine rings is 1. The Bertz CT molecular complexity index is 267. The maximum atomic E-state index is 11.7. The van der Waals surface area contributed by atoms with E-state index in [0.717, 1.165) is 19.3 Å².